The maximum absolute atomic E-state index is 14.3. The fraction of sp³-hybridized carbons (Fsp3) is 0.270. The molecule has 11 atom stereocenters. The molecule has 0 aromatic heterocycles. The lowest BCUT2D eigenvalue weighted by Crippen LogP contribution is -2.69. The van der Waals surface area contributed by atoms with Crippen molar-refractivity contribution in [1.29, 1.82) is 0 Å². The van der Waals surface area contributed by atoms with Crippen LogP contribution >= 0.6 is 0 Å². The Bertz CT molecular complexity index is 3590. The van der Waals surface area contributed by atoms with Gasteiger partial charge in [-0.05, 0) is 56.6 Å². The lowest BCUT2D eigenvalue weighted by molar-refractivity contribution is -0.384. The molecule has 0 amide bonds. The summed E-state index contributed by atoms with van der Waals surface area (Å²) in [5.74, 6) is 0. The van der Waals surface area contributed by atoms with Gasteiger partial charge in [-0.3, -0.25) is 14.3 Å². The number of hydrogen-bond acceptors (Lipinski definition) is 15. The van der Waals surface area contributed by atoms with E-state index in [2.05, 4.69) is 0 Å². The Hall–Kier alpha value is -8.11. The molecule has 2 aliphatic rings. The van der Waals surface area contributed by atoms with Crippen molar-refractivity contribution in [3.8, 4) is 0 Å². The first-order chi connectivity index (χ1) is 44.7. The highest BCUT2D eigenvalue weighted by Crippen LogP contribution is 2.40. The molecule has 0 radical (unpaired) electrons. The lowest BCUT2D eigenvalue weighted by Gasteiger charge is -2.52. The standard InChI is InChI=1S/C74H73NO15S/c76-75(77)62-41-43-63(44-42-62)91(78,79)88-53-64-65(80-45-54-25-9-1-10-26-54)66(81-46-55-27-11-2-12-28-55)73(87-52-61-39-23-8-24-40-61)74(89-64)90-72-70(85-50-59-35-19-6-20-36-59)68(83-48-57-31-15-4-16-32-57)67(82-47-56-29-13-3-14-30-56)69(84-49-58-33-17-5-18-34-58)71(72)86-51-60-37-21-7-22-38-60/h1-44,64-74H,45-53H2/t64-,65+,66+,67?,68-,69+,70+,71+,72?,73-,74-/m1/s1. The molecule has 9 aromatic rings. The fourth-order valence-corrected chi connectivity index (χ4v) is 12.1. The third-order valence-electron chi connectivity index (χ3n) is 15.8. The Kier molecular flexibility index (Phi) is 23.2. The van der Waals surface area contributed by atoms with Gasteiger partial charge in [-0.25, -0.2) is 0 Å². The highest BCUT2D eigenvalue weighted by Gasteiger charge is 2.58. The molecular formula is C74H73NO15S. The van der Waals surface area contributed by atoms with E-state index in [-0.39, 0.29) is 63.4 Å². The van der Waals surface area contributed by atoms with Gasteiger partial charge in [-0.15, -0.1) is 0 Å². The number of benzene rings is 9. The summed E-state index contributed by atoms with van der Waals surface area (Å²) in [6.45, 7) is 0.144. The Morgan fingerprint density at radius 3 is 0.835 bits per heavy atom. The minimum atomic E-state index is -4.62. The molecule has 0 bridgehead atoms. The van der Waals surface area contributed by atoms with Crippen LogP contribution in [0.5, 0.6) is 0 Å². The molecule has 2 unspecified atom stereocenters. The molecule has 1 aliphatic carbocycles. The molecule has 11 rings (SSSR count). The molecule has 9 aromatic carbocycles. The maximum atomic E-state index is 14.3. The zero-order chi connectivity index (χ0) is 62.5. The van der Waals surface area contributed by atoms with Crippen LogP contribution in [0.15, 0.2) is 272 Å². The first kappa shape index (κ1) is 64.4. The van der Waals surface area contributed by atoms with Crippen LogP contribution in [-0.4, -0.2) is 87.3 Å². The second kappa shape index (κ2) is 32.8. The van der Waals surface area contributed by atoms with Gasteiger partial charge in [0.05, 0.1) is 69.3 Å². The van der Waals surface area contributed by atoms with Crippen molar-refractivity contribution in [2.45, 2.75) is 125 Å². The molecule has 1 saturated heterocycles. The third-order valence-corrected chi connectivity index (χ3v) is 17.1. The monoisotopic (exact) mass is 1250 g/mol. The highest BCUT2D eigenvalue weighted by atomic mass is 32.2. The summed E-state index contributed by atoms with van der Waals surface area (Å²) in [5, 5.41) is 11.7. The number of hydrogen-bond donors (Lipinski definition) is 0. The second-order valence-corrected chi connectivity index (χ2v) is 23.8. The Balaban J connectivity index is 1.07. The van der Waals surface area contributed by atoms with Crippen LogP contribution in [0.25, 0.3) is 0 Å². The van der Waals surface area contributed by atoms with Gasteiger partial charge >= 0.3 is 0 Å². The van der Waals surface area contributed by atoms with Crippen molar-refractivity contribution < 1.29 is 64.9 Å². The van der Waals surface area contributed by atoms with Crippen LogP contribution in [0.3, 0.4) is 0 Å². The van der Waals surface area contributed by atoms with E-state index in [1.807, 2.05) is 243 Å². The zero-order valence-electron chi connectivity index (χ0n) is 50.1. The van der Waals surface area contributed by atoms with Gasteiger partial charge in [-0.1, -0.05) is 243 Å². The van der Waals surface area contributed by atoms with Crippen LogP contribution in [0.1, 0.15) is 44.5 Å². The molecular weight excluding hydrogens is 1170 g/mol. The number of rotatable bonds is 31. The van der Waals surface area contributed by atoms with Crippen LogP contribution in [0.4, 0.5) is 5.69 Å². The summed E-state index contributed by atoms with van der Waals surface area (Å²) < 4.78 is 107. The van der Waals surface area contributed by atoms with Gasteiger partial charge in [-0.2, -0.15) is 8.42 Å². The minimum absolute atomic E-state index is 0.0429. The number of nitrogens with zero attached hydrogens (tertiary/aromatic N) is 1. The van der Waals surface area contributed by atoms with Gasteiger partial charge in [0.25, 0.3) is 15.8 Å². The normalized spacial score (nSPS) is 22.5. The molecule has 1 heterocycles. The average molecular weight is 1250 g/mol. The van der Waals surface area contributed by atoms with E-state index >= 15 is 0 Å². The first-order valence-corrected chi connectivity index (χ1v) is 31.8. The van der Waals surface area contributed by atoms with Crippen LogP contribution in [0, 0.1) is 10.1 Å². The molecule has 17 heteroatoms. The summed E-state index contributed by atoms with van der Waals surface area (Å²) in [6, 6.07) is 82.5. The first-order valence-electron chi connectivity index (χ1n) is 30.4. The molecule has 2 fully saturated rings. The smallest absolute Gasteiger partial charge is 0.297 e. The Morgan fingerprint density at radius 2 is 0.560 bits per heavy atom. The van der Waals surface area contributed by atoms with Crippen molar-refractivity contribution >= 4 is 15.8 Å². The van der Waals surface area contributed by atoms with Gasteiger partial charge < -0.3 is 47.4 Å². The van der Waals surface area contributed by atoms with Gasteiger partial charge in [0.15, 0.2) is 6.29 Å². The molecule has 1 aliphatic heterocycles. The molecule has 0 N–H and O–H groups in total. The van der Waals surface area contributed by atoms with E-state index in [9.17, 15) is 18.5 Å². The number of nitro groups is 1. The number of non-ortho nitro benzene ring substituents is 1. The maximum Gasteiger partial charge on any atom is 0.297 e. The van der Waals surface area contributed by atoms with E-state index in [0.717, 1.165) is 68.8 Å². The highest BCUT2D eigenvalue weighted by molar-refractivity contribution is 7.86. The Morgan fingerprint density at radius 1 is 0.319 bits per heavy atom. The van der Waals surface area contributed by atoms with Crippen LogP contribution < -0.4 is 0 Å². The topological polar surface area (TPSA) is 179 Å². The second-order valence-electron chi connectivity index (χ2n) is 22.2. The zero-order valence-corrected chi connectivity index (χ0v) is 50.9. The average Bonchev–Trinajstić information content (AvgIpc) is 0.844. The van der Waals surface area contributed by atoms with E-state index in [0.29, 0.717) is 0 Å². The molecule has 16 nitrogen and oxygen atoms in total. The predicted molar refractivity (Wildman–Crippen MR) is 340 cm³/mol. The fourth-order valence-electron chi connectivity index (χ4n) is 11.2. The summed E-state index contributed by atoms with van der Waals surface area (Å²) in [7, 11) is -4.62. The van der Waals surface area contributed by atoms with E-state index < -0.39 is 89.0 Å². The third kappa shape index (κ3) is 18.1. The quantitative estimate of drug-likeness (QED) is 0.0227. The van der Waals surface area contributed by atoms with Gasteiger partial charge in [0, 0.05) is 12.1 Å². The number of nitro benzene ring substituents is 1. The molecule has 470 valence electrons. The van der Waals surface area contributed by atoms with E-state index in [4.69, 9.17) is 51.6 Å². The minimum Gasteiger partial charge on any atom is -0.368 e. The largest absolute Gasteiger partial charge is 0.368 e. The Labute approximate surface area is 531 Å². The van der Waals surface area contributed by atoms with Crippen molar-refractivity contribution in [2.75, 3.05) is 6.61 Å². The summed E-state index contributed by atoms with van der Waals surface area (Å²) in [4.78, 5) is 10.8. The van der Waals surface area contributed by atoms with Crippen molar-refractivity contribution in [2.24, 2.45) is 0 Å². The molecule has 1 saturated carbocycles. The molecule has 0 spiro atoms. The summed E-state index contributed by atoms with van der Waals surface area (Å²) in [6.07, 6.45) is -12.2. The van der Waals surface area contributed by atoms with Crippen LogP contribution in [0.2, 0.25) is 0 Å². The van der Waals surface area contributed by atoms with Crippen LogP contribution in [-0.2, 0) is 115 Å². The van der Waals surface area contributed by atoms with Crippen molar-refractivity contribution in [3.63, 3.8) is 0 Å². The SMILES string of the molecule is O=[N+]([O-])c1ccc(S(=O)(=O)OC[C@H]2O[C@H](OC3[C@@H](OCc4ccccc4)[C@H](OCc4ccccc4)C(OCc4ccccc4)[C@H](OCc4ccccc4)[C@@H]3OCc3ccccc3)[C@H](OCc3ccccc3)[C@@H](OCc3ccccc3)[C@H]2OCc2ccccc2)cc1. The summed E-state index contributed by atoms with van der Waals surface area (Å²) in [5.41, 5.74) is 6.62. The predicted octanol–water partition coefficient (Wildman–Crippen LogP) is 13.1. The van der Waals surface area contributed by atoms with Crippen molar-refractivity contribution in [1.82, 2.24) is 0 Å². The lowest BCUT2D eigenvalue weighted by atomic mass is 9.83. The van der Waals surface area contributed by atoms with Gasteiger partial charge in [0.1, 0.15) is 61.0 Å². The van der Waals surface area contributed by atoms with Gasteiger partial charge in [0.2, 0.25) is 0 Å². The van der Waals surface area contributed by atoms with Crippen molar-refractivity contribution in [3.05, 3.63) is 322 Å². The van der Waals surface area contributed by atoms with E-state index in [1.54, 1.807) is 0 Å². The summed E-state index contributed by atoms with van der Waals surface area (Å²) >= 11 is 0. The molecule has 91 heavy (non-hydrogen) atoms. The number of ether oxygens (including phenoxy) is 10. The van der Waals surface area contributed by atoms with E-state index in [1.165, 1.54) is 0 Å².